The van der Waals surface area contributed by atoms with Crippen molar-refractivity contribution in [3.8, 4) is 0 Å². The molecule has 1 aromatic carbocycles. The third-order valence-electron chi connectivity index (χ3n) is 2.32. The summed E-state index contributed by atoms with van der Waals surface area (Å²) in [6.45, 7) is -1.10. The topological polar surface area (TPSA) is 104 Å². The average Bonchev–Trinajstić information content (AvgIpc) is 2.26. The van der Waals surface area contributed by atoms with E-state index >= 15 is 0 Å². The van der Waals surface area contributed by atoms with Crippen molar-refractivity contribution in [3.63, 3.8) is 0 Å². The summed E-state index contributed by atoms with van der Waals surface area (Å²) in [6.07, 6.45) is 0. The molecule has 0 amide bonds. The van der Waals surface area contributed by atoms with E-state index in [2.05, 4.69) is 0 Å². The standard InChI is InChI=1S/C10H14Cl2N2O4S/c11-8-5-7(13)6-9(12)10(8)19(17,18)14(1-3-15)2-4-16/h5-6,15-16H,1-4,13H2. The fourth-order valence-corrected chi connectivity index (χ4v) is 4.13. The molecule has 0 spiro atoms. The number of sulfonamides is 1. The molecule has 1 aromatic rings. The highest BCUT2D eigenvalue weighted by molar-refractivity contribution is 7.89. The summed E-state index contributed by atoms with van der Waals surface area (Å²) in [7, 11) is -4.01. The Kier molecular flexibility index (Phi) is 5.84. The minimum atomic E-state index is -4.01. The largest absolute Gasteiger partial charge is 0.399 e. The van der Waals surface area contributed by atoms with E-state index in [9.17, 15) is 8.42 Å². The molecule has 0 aliphatic carbocycles. The van der Waals surface area contributed by atoms with Gasteiger partial charge in [-0.2, -0.15) is 4.31 Å². The second-order valence-electron chi connectivity index (χ2n) is 3.66. The molecule has 6 nitrogen and oxygen atoms in total. The predicted molar refractivity (Wildman–Crippen MR) is 73.8 cm³/mol. The number of nitrogens with two attached hydrogens (primary N) is 1. The summed E-state index contributed by atoms with van der Waals surface area (Å²) >= 11 is 11.7. The lowest BCUT2D eigenvalue weighted by atomic mass is 10.3. The number of aliphatic hydroxyl groups is 2. The van der Waals surface area contributed by atoms with Gasteiger partial charge in [-0.25, -0.2) is 8.42 Å². The predicted octanol–water partition coefficient (Wildman–Crippen LogP) is 0.551. The molecular formula is C10H14Cl2N2O4S. The number of hydrogen-bond donors (Lipinski definition) is 3. The molecule has 0 bridgehead atoms. The lowest BCUT2D eigenvalue weighted by molar-refractivity contribution is 0.217. The van der Waals surface area contributed by atoms with Gasteiger partial charge >= 0.3 is 0 Å². The molecule has 0 heterocycles. The van der Waals surface area contributed by atoms with Crippen LogP contribution in [-0.4, -0.2) is 49.2 Å². The Morgan fingerprint density at radius 3 is 1.89 bits per heavy atom. The van der Waals surface area contributed by atoms with Crippen LogP contribution in [0.25, 0.3) is 0 Å². The zero-order chi connectivity index (χ0) is 14.6. The zero-order valence-corrected chi connectivity index (χ0v) is 12.2. The number of anilines is 1. The van der Waals surface area contributed by atoms with Gasteiger partial charge in [-0.1, -0.05) is 23.2 Å². The molecule has 0 saturated heterocycles. The number of rotatable bonds is 6. The fraction of sp³-hybridized carbons (Fsp3) is 0.400. The lowest BCUT2D eigenvalue weighted by Gasteiger charge is -2.21. The van der Waals surface area contributed by atoms with Crippen LogP contribution in [0.2, 0.25) is 10.0 Å². The van der Waals surface area contributed by atoms with Crippen LogP contribution in [0.3, 0.4) is 0 Å². The van der Waals surface area contributed by atoms with E-state index in [-0.39, 0.29) is 46.9 Å². The first-order valence-electron chi connectivity index (χ1n) is 5.31. The number of halogens is 2. The van der Waals surface area contributed by atoms with E-state index in [1.54, 1.807) is 0 Å². The molecule has 0 radical (unpaired) electrons. The van der Waals surface area contributed by atoms with Crippen molar-refractivity contribution in [1.82, 2.24) is 4.31 Å². The maximum Gasteiger partial charge on any atom is 0.246 e. The first-order chi connectivity index (χ1) is 8.84. The van der Waals surface area contributed by atoms with Crippen LogP contribution in [0.5, 0.6) is 0 Å². The van der Waals surface area contributed by atoms with Crippen LogP contribution in [0.15, 0.2) is 17.0 Å². The molecule has 0 fully saturated rings. The Bertz CT molecular complexity index is 521. The SMILES string of the molecule is Nc1cc(Cl)c(S(=O)(=O)N(CCO)CCO)c(Cl)c1. The summed E-state index contributed by atoms with van der Waals surface area (Å²) in [5.74, 6) is 0. The molecule has 0 atom stereocenters. The molecule has 108 valence electrons. The summed E-state index contributed by atoms with van der Waals surface area (Å²) in [4.78, 5) is -0.285. The van der Waals surface area contributed by atoms with Crippen molar-refractivity contribution >= 4 is 38.9 Å². The van der Waals surface area contributed by atoms with Crippen LogP contribution in [-0.2, 0) is 10.0 Å². The van der Waals surface area contributed by atoms with Gasteiger partial charge in [0.25, 0.3) is 0 Å². The van der Waals surface area contributed by atoms with Crippen LogP contribution in [0.1, 0.15) is 0 Å². The van der Waals surface area contributed by atoms with Crippen molar-refractivity contribution in [2.45, 2.75) is 4.90 Å². The van der Waals surface area contributed by atoms with Gasteiger partial charge < -0.3 is 15.9 Å². The molecule has 4 N–H and O–H groups in total. The molecular weight excluding hydrogens is 315 g/mol. The van der Waals surface area contributed by atoms with Crippen LogP contribution >= 0.6 is 23.2 Å². The minimum Gasteiger partial charge on any atom is -0.399 e. The highest BCUT2D eigenvalue weighted by Gasteiger charge is 2.28. The number of benzene rings is 1. The normalized spacial score (nSPS) is 12.1. The van der Waals surface area contributed by atoms with Crippen molar-refractivity contribution in [1.29, 1.82) is 0 Å². The van der Waals surface area contributed by atoms with Crippen molar-refractivity contribution in [2.75, 3.05) is 32.0 Å². The quantitative estimate of drug-likeness (QED) is 0.661. The van der Waals surface area contributed by atoms with Gasteiger partial charge in [-0.3, -0.25) is 0 Å². The summed E-state index contributed by atoms with van der Waals surface area (Å²) in [5.41, 5.74) is 5.75. The maximum atomic E-state index is 12.4. The van der Waals surface area contributed by atoms with E-state index in [0.29, 0.717) is 0 Å². The van der Waals surface area contributed by atoms with Gasteiger partial charge in [0.05, 0.1) is 23.3 Å². The Hall–Kier alpha value is -0.570. The van der Waals surface area contributed by atoms with Crippen LogP contribution in [0.4, 0.5) is 5.69 Å². The highest BCUT2D eigenvalue weighted by Crippen LogP contribution is 2.33. The summed E-state index contributed by atoms with van der Waals surface area (Å²) in [6, 6.07) is 2.55. The van der Waals surface area contributed by atoms with Crippen LogP contribution in [0, 0.1) is 0 Å². The van der Waals surface area contributed by atoms with Crippen molar-refractivity contribution < 1.29 is 18.6 Å². The molecule has 0 aromatic heterocycles. The van der Waals surface area contributed by atoms with Gasteiger partial charge in [-0.05, 0) is 12.1 Å². The highest BCUT2D eigenvalue weighted by atomic mass is 35.5. The van der Waals surface area contributed by atoms with E-state index in [1.807, 2.05) is 0 Å². The smallest absolute Gasteiger partial charge is 0.246 e. The number of hydrogen-bond acceptors (Lipinski definition) is 5. The summed E-state index contributed by atoms with van der Waals surface area (Å²) < 4.78 is 25.6. The molecule has 0 saturated carbocycles. The third-order valence-corrected chi connectivity index (χ3v) is 5.14. The van der Waals surface area contributed by atoms with Gasteiger partial charge in [0.1, 0.15) is 4.90 Å². The Labute approximate surface area is 121 Å². The van der Waals surface area contributed by atoms with Gasteiger partial charge in [0.15, 0.2) is 0 Å². The monoisotopic (exact) mass is 328 g/mol. The Morgan fingerprint density at radius 1 is 1.11 bits per heavy atom. The molecule has 0 aliphatic rings. The first kappa shape index (κ1) is 16.5. The molecule has 19 heavy (non-hydrogen) atoms. The van der Waals surface area contributed by atoms with Crippen molar-refractivity contribution in [3.05, 3.63) is 22.2 Å². The van der Waals surface area contributed by atoms with E-state index in [0.717, 1.165) is 4.31 Å². The first-order valence-corrected chi connectivity index (χ1v) is 7.50. The molecule has 1 rings (SSSR count). The number of aliphatic hydroxyl groups excluding tert-OH is 2. The Balaban J connectivity index is 3.33. The zero-order valence-electron chi connectivity index (χ0n) is 9.88. The van der Waals surface area contributed by atoms with E-state index < -0.39 is 10.0 Å². The maximum absolute atomic E-state index is 12.4. The van der Waals surface area contributed by atoms with Gasteiger partial charge in [-0.15, -0.1) is 0 Å². The molecule has 0 aliphatic heterocycles. The fourth-order valence-electron chi connectivity index (χ4n) is 1.53. The molecule has 0 unspecified atom stereocenters. The number of nitrogen functional groups attached to an aromatic ring is 1. The van der Waals surface area contributed by atoms with Crippen molar-refractivity contribution in [2.24, 2.45) is 0 Å². The third kappa shape index (κ3) is 3.71. The Morgan fingerprint density at radius 2 is 1.53 bits per heavy atom. The minimum absolute atomic E-state index is 0.106. The lowest BCUT2D eigenvalue weighted by Crippen LogP contribution is -2.36. The average molecular weight is 329 g/mol. The number of nitrogens with zero attached hydrogens (tertiary/aromatic N) is 1. The molecule has 9 heteroatoms. The second-order valence-corrected chi connectivity index (χ2v) is 6.35. The van der Waals surface area contributed by atoms with Crippen LogP contribution < -0.4 is 5.73 Å². The van der Waals surface area contributed by atoms with Gasteiger partial charge in [0, 0.05) is 18.8 Å². The van der Waals surface area contributed by atoms with E-state index in [1.165, 1.54) is 12.1 Å². The summed E-state index contributed by atoms with van der Waals surface area (Å²) in [5, 5.41) is 17.6. The van der Waals surface area contributed by atoms with E-state index in [4.69, 9.17) is 39.1 Å². The van der Waals surface area contributed by atoms with Gasteiger partial charge in [0.2, 0.25) is 10.0 Å². The second kappa shape index (κ2) is 6.74.